The number of imide groups is 1. The van der Waals surface area contributed by atoms with Crippen molar-refractivity contribution in [3.8, 4) is 6.07 Å². The number of aliphatic hydroxyl groups excluding tert-OH is 1. The van der Waals surface area contributed by atoms with Crippen LogP contribution in [-0.4, -0.2) is 50.6 Å². The van der Waals surface area contributed by atoms with Crippen LogP contribution < -0.4 is 4.90 Å². The van der Waals surface area contributed by atoms with E-state index in [1.54, 1.807) is 19.1 Å². The molecule has 2 aliphatic heterocycles. The number of carbonyl (C=O) groups excluding carboxylic acids is 2. The molecule has 0 spiro atoms. The monoisotopic (exact) mass is 311 g/mol. The van der Waals surface area contributed by atoms with Crippen molar-refractivity contribution >= 4 is 28.7 Å². The number of aromatic nitrogens is 2. The minimum absolute atomic E-state index is 0.355. The maximum absolute atomic E-state index is 12.6. The molecule has 1 aromatic heterocycles. The molecule has 0 bridgehead atoms. The molecule has 2 saturated heterocycles. The Hall–Kier alpha value is -2.92. The number of fused-ring (bicyclic) bond motifs is 2. The number of aromatic amines is 1. The predicted octanol–water partition coefficient (Wildman–Crippen LogP) is 0.645. The smallest absolute Gasteiger partial charge is 0.332 e. The molecule has 3 amide bonds. The van der Waals surface area contributed by atoms with E-state index in [-0.39, 0.29) is 0 Å². The zero-order valence-electron chi connectivity index (χ0n) is 12.3. The fourth-order valence-electron chi connectivity index (χ4n) is 3.34. The summed E-state index contributed by atoms with van der Waals surface area (Å²) in [5.41, 5.74) is 1.62. The third kappa shape index (κ3) is 1.71. The van der Waals surface area contributed by atoms with Crippen molar-refractivity contribution in [2.75, 3.05) is 11.4 Å². The van der Waals surface area contributed by atoms with Crippen LogP contribution in [0, 0.1) is 18.3 Å². The molecule has 4 rings (SSSR count). The van der Waals surface area contributed by atoms with E-state index in [0.29, 0.717) is 41.1 Å². The fraction of sp³-hybridized carbons (Fsp3) is 0.333. The summed E-state index contributed by atoms with van der Waals surface area (Å²) in [6.45, 7) is 2.09. The number of hydrogen-bond acceptors (Lipinski definition) is 5. The normalized spacial score (nSPS) is 23.7. The van der Waals surface area contributed by atoms with Crippen LogP contribution in [0.15, 0.2) is 12.1 Å². The summed E-state index contributed by atoms with van der Waals surface area (Å²) in [6.07, 6.45) is -0.434. The Morgan fingerprint density at radius 2 is 2.22 bits per heavy atom. The van der Waals surface area contributed by atoms with Gasteiger partial charge in [0.1, 0.15) is 23.5 Å². The molecule has 0 saturated carbocycles. The van der Waals surface area contributed by atoms with Crippen molar-refractivity contribution in [1.29, 1.82) is 5.26 Å². The number of aliphatic hydroxyl groups is 1. The molecule has 3 heterocycles. The number of anilines is 1. The Kier molecular flexibility index (Phi) is 2.71. The number of nitrogens with zero attached hydrogens (tertiary/aromatic N) is 4. The molecule has 2 fully saturated rings. The van der Waals surface area contributed by atoms with Crippen molar-refractivity contribution in [2.24, 2.45) is 0 Å². The molecule has 2 atom stereocenters. The number of nitrogens with one attached hydrogen (secondary N) is 1. The number of H-pyrrole nitrogens is 1. The molecular weight excluding hydrogens is 298 g/mol. The summed E-state index contributed by atoms with van der Waals surface area (Å²) in [7, 11) is 0. The van der Waals surface area contributed by atoms with Gasteiger partial charge in [-0.25, -0.2) is 14.7 Å². The summed E-state index contributed by atoms with van der Waals surface area (Å²) < 4.78 is 0. The largest absolute Gasteiger partial charge is 0.390 e. The SMILES string of the molecule is Cc1nc2c(C#N)ccc(N3C(=O)[C@@H]4[C@H](O)CCN4C3=O)c2[nH]1. The van der Waals surface area contributed by atoms with Crippen LogP contribution in [0.2, 0.25) is 0 Å². The highest BCUT2D eigenvalue weighted by molar-refractivity contribution is 6.24. The van der Waals surface area contributed by atoms with E-state index in [2.05, 4.69) is 9.97 Å². The van der Waals surface area contributed by atoms with Crippen molar-refractivity contribution in [3.05, 3.63) is 23.5 Å². The van der Waals surface area contributed by atoms with Gasteiger partial charge in [-0.15, -0.1) is 0 Å². The first-order chi connectivity index (χ1) is 11.0. The number of benzene rings is 1. The van der Waals surface area contributed by atoms with Gasteiger partial charge in [0.05, 0.1) is 22.9 Å². The fourth-order valence-corrected chi connectivity index (χ4v) is 3.34. The van der Waals surface area contributed by atoms with Crippen LogP contribution in [0.3, 0.4) is 0 Å². The average molecular weight is 311 g/mol. The van der Waals surface area contributed by atoms with E-state index < -0.39 is 24.1 Å². The molecule has 8 nitrogen and oxygen atoms in total. The molecular formula is C15H13N5O3. The predicted molar refractivity (Wildman–Crippen MR) is 79.5 cm³/mol. The van der Waals surface area contributed by atoms with E-state index in [9.17, 15) is 20.0 Å². The molecule has 116 valence electrons. The van der Waals surface area contributed by atoms with Gasteiger partial charge in [-0.3, -0.25) is 4.79 Å². The summed E-state index contributed by atoms with van der Waals surface area (Å²) in [4.78, 5) is 34.9. The highest BCUT2D eigenvalue weighted by atomic mass is 16.3. The number of aryl methyl sites for hydroxylation is 1. The number of amides is 3. The van der Waals surface area contributed by atoms with Crippen molar-refractivity contribution in [1.82, 2.24) is 14.9 Å². The van der Waals surface area contributed by atoms with Gasteiger partial charge in [-0.2, -0.15) is 5.26 Å². The summed E-state index contributed by atoms with van der Waals surface area (Å²) in [5.74, 6) is 0.141. The Morgan fingerprint density at radius 1 is 1.43 bits per heavy atom. The maximum atomic E-state index is 12.6. The third-order valence-electron chi connectivity index (χ3n) is 4.38. The summed E-state index contributed by atoms with van der Waals surface area (Å²) >= 11 is 0. The first-order valence-corrected chi connectivity index (χ1v) is 7.25. The van der Waals surface area contributed by atoms with E-state index in [4.69, 9.17) is 0 Å². The number of imidazole rings is 1. The highest BCUT2D eigenvalue weighted by Gasteiger charge is 2.52. The number of carbonyl (C=O) groups is 2. The van der Waals surface area contributed by atoms with Gasteiger partial charge in [-0.05, 0) is 25.5 Å². The topological polar surface area (TPSA) is 113 Å². The van der Waals surface area contributed by atoms with E-state index >= 15 is 0 Å². The summed E-state index contributed by atoms with van der Waals surface area (Å²) in [6, 6.07) is 3.88. The first kappa shape index (κ1) is 13.7. The first-order valence-electron chi connectivity index (χ1n) is 7.25. The molecule has 8 heteroatoms. The Bertz CT molecular complexity index is 896. The lowest BCUT2D eigenvalue weighted by molar-refractivity contribution is -0.121. The second-order valence-corrected chi connectivity index (χ2v) is 5.74. The van der Waals surface area contributed by atoms with Crippen LogP contribution in [-0.2, 0) is 4.79 Å². The van der Waals surface area contributed by atoms with Crippen LogP contribution in [0.5, 0.6) is 0 Å². The van der Waals surface area contributed by atoms with Gasteiger partial charge >= 0.3 is 6.03 Å². The van der Waals surface area contributed by atoms with Crippen molar-refractivity contribution < 1.29 is 14.7 Å². The maximum Gasteiger partial charge on any atom is 0.332 e. The van der Waals surface area contributed by atoms with E-state index in [1.165, 1.54) is 4.90 Å². The molecule has 2 aromatic rings. The lowest BCUT2D eigenvalue weighted by atomic mass is 10.1. The van der Waals surface area contributed by atoms with Crippen LogP contribution in [0.1, 0.15) is 17.8 Å². The quantitative estimate of drug-likeness (QED) is 0.750. The van der Waals surface area contributed by atoms with Gasteiger partial charge in [0.2, 0.25) is 0 Å². The van der Waals surface area contributed by atoms with Gasteiger partial charge < -0.3 is 15.0 Å². The Balaban J connectivity index is 1.89. The standard InChI is InChI=1S/C15H13N5O3/c1-7-17-11-8(6-16)2-3-9(12(11)18-7)20-14(22)13-10(21)4-5-19(13)15(20)23/h2-3,10,13,21H,4-5H2,1H3,(H,17,18)/t10-,13+/m1/s1. The second-order valence-electron chi connectivity index (χ2n) is 5.74. The Labute approximate surface area is 130 Å². The molecule has 0 radical (unpaired) electrons. The average Bonchev–Trinajstić information content (AvgIpc) is 3.15. The minimum atomic E-state index is -0.839. The van der Waals surface area contributed by atoms with Gasteiger partial charge in [0.25, 0.3) is 5.91 Å². The molecule has 0 aliphatic carbocycles. The second kappa shape index (κ2) is 4.54. The van der Waals surface area contributed by atoms with Crippen LogP contribution in [0.25, 0.3) is 11.0 Å². The molecule has 2 N–H and O–H groups in total. The zero-order chi connectivity index (χ0) is 16.3. The Morgan fingerprint density at radius 3 is 2.91 bits per heavy atom. The highest BCUT2D eigenvalue weighted by Crippen LogP contribution is 2.35. The van der Waals surface area contributed by atoms with E-state index in [0.717, 1.165) is 4.90 Å². The van der Waals surface area contributed by atoms with Crippen LogP contribution >= 0.6 is 0 Å². The lowest BCUT2D eigenvalue weighted by Crippen LogP contribution is -2.36. The van der Waals surface area contributed by atoms with Crippen LogP contribution in [0.4, 0.5) is 10.5 Å². The number of rotatable bonds is 1. The van der Waals surface area contributed by atoms with E-state index in [1.807, 2.05) is 6.07 Å². The molecule has 1 aromatic carbocycles. The third-order valence-corrected chi connectivity index (χ3v) is 4.38. The van der Waals surface area contributed by atoms with Crippen molar-refractivity contribution in [3.63, 3.8) is 0 Å². The number of nitriles is 1. The van der Waals surface area contributed by atoms with Crippen molar-refractivity contribution in [2.45, 2.75) is 25.5 Å². The molecule has 2 aliphatic rings. The lowest BCUT2D eigenvalue weighted by Gasteiger charge is -2.16. The molecule has 0 unspecified atom stereocenters. The van der Waals surface area contributed by atoms with Gasteiger partial charge in [0.15, 0.2) is 0 Å². The van der Waals surface area contributed by atoms with Gasteiger partial charge in [0, 0.05) is 6.54 Å². The van der Waals surface area contributed by atoms with Gasteiger partial charge in [-0.1, -0.05) is 0 Å². The molecule has 23 heavy (non-hydrogen) atoms. The minimum Gasteiger partial charge on any atom is -0.390 e. The number of urea groups is 1. The number of hydrogen-bond donors (Lipinski definition) is 2. The zero-order valence-corrected chi connectivity index (χ0v) is 12.3. The summed E-state index contributed by atoms with van der Waals surface area (Å²) in [5, 5.41) is 19.1.